The summed E-state index contributed by atoms with van der Waals surface area (Å²) in [5.41, 5.74) is 0.668. The number of hydrogen-bond acceptors (Lipinski definition) is 5. The van der Waals surface area contributed by atoms with Crippen LogP contribution >= 0.6 is 0 Å². The van der Waals surface area contributed by atoms with Gasteiger partial charge in [0.15, 0.2) is 5.82 Å². The lowest BCUT2D eigenvalue weighted by atomic mass is 10.3. The SMILES string of the molecule is CC(=O)N1CCCn2c(-c3cnccn3)nnc21. The largest absolute Gasteiger partial charge is 0.292 e. The molecule has 1 aliphatic rings. The van der Waals surface area contributed by atoms with Crippen LogP contribution in [0, 0.1) is 0 Å². The molecule has 0 unspecified atom stereocenters. The molecular formula is C11H12N6O. The second-order valence-electron chi connectivity index (χ2n) is 4.09. The standard InChI is InChI=1S/C11H12N6O/c1-8(18)16-5-2-6-17-10(14-15-11(16)17)9-7-12-3-4-13-9/h3-4,7H,2,5-6H2,1H3. The number of fused-ring (bicyclic) bond motifs is 1. The number of rotatable bonds is 1. The van der Waals surface area contributed by atoms with Gasteiger partial charge in [0, 0.05) is 32.4 Å². The third-order valence-electron chi connectivity index (χ3n) is 2.91. The molecule has 18 heavy (non-hydrogen) atoms. The van der Waals surface area contributed by atoms with Crippen LogP contribution in [-0.2, 0) is 11.3 Å². The Balaban J connectivity index is 2.08. The first-order valence-corrected chi connectivity index (χ1v) is 5.75. The fourth-order valence-corrected chi connectivity index (χ4v) is 2.09. The number of amides is 1. The second kappa shape index (κ2) is 4.17. The molecule has 0 saturated carbocycles. The Morgan fingerprint density at radius 2 is 2.17 bits per heavy atom. The number of hydrogen-bond donors (Lipinski definition) is 0. The van der Waals surface area contributed by atoms with Crippen molar-refractivity contribution in [3.8, 4) is 11.5 Å². The molecule has 92 valence electrons. The molecule has 0 aromatic carbocycles. The summed E-state index contributed by atoms with van der Waals surface area (Å²) >= 11 is 0. The first kappa shape index (κ1) is 10.8. The molecule has 0 aliphatic carbocycles. The molecule has 3 rings (SSSR count). The zero-order valence-electron chi connectivity index (χ0n) is 9.94. The van der Waals surface area contributed by atoms with Crippen LogP contribution in [0.15, 0.2) is 18.6 Å². The Morgan fingerprint density at radius 3 is 2.89 bits per heavy atom. The Labute approximate surface area is 103 Å². The molecule has 7 nitrogen and oxygen atoms in total. The van der Waals surface area contributed by atoms with Crippen molar-refractivity contribution in [2.45, 2.75) is 19.9 Å². The lowest BCUT2D eigenvalue weighted by Gasteiger charge is -2.25. The topological polar surface area (TPSA) is 76.8 Å². The lowest BCUT2D eigenvalue weighted by Crippen LogP contribution is -2.36. The maximum Gasteiger partial charge on any atom is 0.234 e. The Hall–Kier alpha value is -2.31. The van der Waals surface area contributed by atoms with Crippen LogP contribution in [-0.4, -0.2) is 37.2 Å². The van der Waals surface area contributed by atoms with E-state index in [1.165, 1.54) is 6.92 Å². The smallest absolute Gasteiger partial charge is 0.234 e. The summed E-state index contributed by atoms with van der Waals surface area (Å²) in [5.74, 6) is 1.23. The highest BCUT2D eigenvalue weighted by molar-refractivity contribution is 5.90. The lowest BCUT2D eigenvalue weighted by molar-refractivity contribution is -0.116. The number of carbonyl (C=O) groups is 1. The van der Waals surface area contributed by atoms with Crippen molar-refractivity contribution in [1.29, 1.82) is 0 Å². The maximum atomic E-state index is 11.5. The van der Waals surface area contributed by atoms with E-state index in [4.69, 9.17) is 0 Å². The summed E-state index contributed by atoms with van der Waals surface area (Å²) in [5, 5.41) is 8.20. The average molecular weight is 244 g/mol. The summed E-state index contributed by atoms with van der Waals surface area (Å²) in [7, 11) is 0. The van der Waals surface area contributed by atoms with E-state index in [1.807, 2.05) is 4.57 Å². The van der Waals surface area contributed by atoms with Gasteiger partial charge in [0.05, 0.1) is 6.20 Å². The van der Waals surface area contributed by atoms with Gasteiger partial charge in [-0.15, -0.1) is 10.2 Å². The zero-order chi connectivity index (χ0) is 12.5. The van der Waals surface area contributed by atoms with E-state index < -0.39 is 0 Å². The summed E-state index contributed by atoms with van der Waals surface area (Å²) in [4.78, 5) is 21.4. The predicted molar refractivity (Wildman–Crippen MR) is 63.7 cm³/mol. The molecule has 2 aromatic heterocycles. The zero-order valence-corrected chi connectivity index (χ0v) is 9.94. The molecule has 0 saturated heterocycles. The summed E-state index contributed by atoms with van der Waals surface area (Å²) in [6.45, 7) is 3.01. The van der Waals surface area contributed by atoms with Gasteiger partial charge >= 0.3 is 0 Å². The molecule has 0 radical (unpaired) electrons. The molecule has 0 fully saturated rings. The van der Waals surface area contributed by atoms with Crippen molar-refractivity contribution in [3.63, 3.8) is 0 Å². The summed E-state index contributed by atoms with van der Waals surface area (Å²) in [6, 6.07) is 0. The van der Waals surface area contributed by atoms with Crippen LogP contribution in [0.1, 0.15) is 13.3 Å². The van der Waals surface area contributed by atoms with Crippen molar-refractivity contribution in [2.24, 2.45) is 0 Å². The van der Waals surface area contributed by atoms with Crippen LogP contribution in [0.2, 0.25) is 0 Å². The summed E-state index contributed by atoms with van der Waals surface area (Å²) < 4.78 is 1.91. The van der Waals surface area contributed by atoms with Crippen molar-refractivity contribution in [3.05, 3.63) is 18.6 Å². The third-order valence-corrected chi connectivity index (χ3v) is 2.91. The van der Waals surface area contributed by atoms with Gasteiger partial charge in [-0.2, -0.15) is 0 Å². The predicted octanol–water partition coefficient (Wildman–Crippen LogP) is 0.492. The van der Waals surface area contributed by atoms with Gasteiger partial charge in [0.2, 0.25) is 11.9 Å². The normalized spacial score (nSPS) is 14.4. The minimum absolute atomic E-state index is 0.0194. The molecule has 2 aromatic rings. The first-order chi connectivity index (χ1) is 8.77. The van der Waals surface area contributed by atoms with Gasteiger partial charge in [0.1, 0.15) is 5.69 Å². The van der Waals surface area contributed by atoms with E-state index in [0.29, 0.717) is 24.0 Å². The Morgan fingerprint density at radius 1 is 1.28 bits per heavy atom. The number of aromatic nitrogens is 5. The van der Waals surface area contributed by atoms with E-state index in [0.717, 1.165) is 13.0 Å². The van der Waals surface area contributed by atoms with E-state index in [-0.39, 0.29) is 5.91 Å². The van der Waals surface area contributed by atoms with Gasteiger partial charge in [-0.3, -0.25) is 19.2 Å². The van der Waals surface area contributed by atoms with Crippen LogP contribution in [0.4, 0.5) is 5.95 Å². The average Bonchev–Trinajstić information content (AvgIpc) is 2.83. The Bertz CT molecular complexity index is 578. The molecule has 0 bridgehead atoms. The molecule has 0 spiro atoms. The van der Waals surface area contributed by atoms with Gasteiger partial charge in [-0.05, 0) is 6.42 Å². The second-order valence-corrected chi connectivity index (χ2v) is 4.09. The highest BCUT2D eigenvalue weighted by Crippen LogP contribution is 2.24. The van der Waals surface area contributed by atoms with Crippen molar-refractivity contribution in [2.75, 3.05) is 11.4 Å². The van der Waals surface area contributed by atoms with Gasteiger partial charge < -0.3 is 0 Å². The van der Waals surface area contributed by atoms with Gasteiger partial charge in [0.25, 0.3) is 0 Å². The molecule has 7 heteroatoms. The minimum atomic E-state index is -0.0194. The molecule has 0 atom stereocenters. The fourth-order valence-electron chi connectivity index (χ4n) is 2.09. The molecule has 3 heterocycles. The third kappa shape index (κ3) is 1.64. The molecular weight excluding hydrogens is 232 g/mol. The van der Waals surface area contributed by atoms with E-state index in [1.54, 1.807) is 23.5 Å². The van der Waals surface area contributed by atoms with E-state index in [2.05, 4.69) is 20.2 Å². The van der Waals surface area contributed by atoms with Crippen LogP contribution in [0.25, 0.3) is 11.5 Å². The van der Waals surface area contributed by atoms with Crippen LogP contribution < -0.4 is 4.90 Å². The maximum absolute atomic E-state index is 11.5. The summed E-state index contributed by atoms with van der Waals surface area (Å²) in [6.07, 6.45) is 5.75. The molecule has 1 amide bonds. The number of anilines is 1. The van der Waals surface area contributed by atoms with Crippen LogP contribution in [0.5, 0.6) is 0 Å². The van der Waals surface area contributed by atoms with E-state index >= 15 is 0 Å². The number of nitrogens with zero attached hydrogens (tertiary/aromatic N) is 6. The van der Waals surface area contributed by atoms with Gasteiger partial charge in [-0.25, -0.2) is 4.98 Å². The van der Waals surface area contributed by atoms with Gasteiger partial charge in [-0.1, -0.05) is 0 Å². The van der Waals surface area contributed by atoms with Crippen molar-refractivity contribution in [1.82, 2.24) is 24.7 Å². The number of carbonyl (C=O) groups excluding carboxylic acids is 1. The fraction of sp³-hybridized carbons (Fsp3) is 0.364. The van der Waals surface area contributed by atoms with Crippen molar-refractivity contribution >= 4 is 11.9 Å². The van der Waals surface area contributed by atoms with Crippen molar-refractivity contribution < 1.29 is 4.79 Å². The van der Waals surface area contributed by atoms with E-state index in [9.17, 15) is 4.79 Å². The quantitative estimate of drug-likeness (QED) is 0.729. The minimum Gasteiger partial charge on any atom is -0.292 e. The Kier molecular flexibility index (Phi) is 2.51. The monoisotopic (exact) mass is 244 g/mol. The molecule has 0 N–H and O–H groups in total. The highest BCUT2D eigenvalue weighted by atomic mass is 16.2. The highest BCUT2D eigenvalue weighted by Gasteiger charge is 2.25. The molecule has 1 aliphatic heterocycles. The first-order valence-electron chi connectivity index (χ1n) is 5.75. The van der Waals surface area contributed by atoms with Crippen LogP contribution in [0.3, 0.4) is 0 Å².